The van der Waals surface area contributed by atoms with Gasteiger partial charge in [-0.25, -0.2) is 13.2 Å². The molecule has 1 aromatic rings. The Bertz CT molecular complexity index is 509. The Hall–Kier alpha value is -1.60. The lowest BCUT2D eigenvalue weighted by Gasteiger charge is -2.14. The molecular formula is C11H15NO5S. The molecule has 1 rings (SSSR count). The lowest BCUT2D eigenvalue weighted by atomic mass is 10.3. The minimum Gasteiger partial charge on any atom is -0.477 e. The van der Waals surface area contributed by atoms with Crippen molar-refractivity contribution in [3.8, 4) is 5.75 Å². The summed E-state index contributed by atoms with van der Waals surface area (Å²) >= 11 is 0. The number of hydrogen-bond acceptors (Lipinski definition) is 6. The molecule has 0 amide bonds. The Morgan fingerprint density at radius 1 is 1.33 bits per heavy atom. The summed E-state index contributed by atoms with van der Waals surface area (Å²) in [6.07, 6.45) is 0.207. The molecule has 1 aromatic carbocycles. The molecule has 0 spiro atoms. The summed E-state index contributed by atoms with van der Waals surface area (Å²) in [5.41, 5.74) is 5.37. The van der Waals surface area contributed by atoms with E-state index in [1.807, 2.05) is 0 Å². The van der Waals surface area contributed by atoms with Crippen LogP contribution in [0.15, 0.2) is 29.2 Å². The fourth-order valence-electron chi connectivity index (χ4n) is 1.25. The van der Waals surface area contributed by atoms with Gasteiger partial charge in [-0.3, -0.25) is 0 Å². The molecule has 0 heterocycles. The molecule has 0 bridgehead atoms. The van der Waals surface area contributed by atoms with Crippen LogP contribution in [-0.2, 0) is 19.4 Å². The highest BCUT2D eigenvalue weighted by molar-refractivity contribution is 7.90. The second-order valence-corrected chi connectivity index (χ2v) is 5.62. The second kappa shape index (κ2) is 5.83. The Kier molecular flexibility index (Phi) is 4.69. The molecule has 0 saturated heterocycles. The highest BCUT2D eigenvalue weighted by Gasteiger charge is 2.19. The van der Waals surface area contributed by atoms with E-state index in [0.29, 0.717) is 5.75 Å². The number of ether oxygens (including phenoxy) is 2. The molecule has 0 aliphatic rings. The summed E-state index contributed by atoms with van der Waals surface area (Å²) in [4.78, 5) is 11.4. The molecule has 7 heteroatoms. The normalized spacial score (nSPS) is 12.8. The van der Waals surface area contributed by atoms with E-state index in [9.17, 15) is 13.2 Å². The highest BCUT2D eigenvalue weighted by atomic mass is 32.2. The number of carbonyl (C=O) groups is 1. The van der Waals surface area contributed by atoms with Gasteiger partial charge in [0.05, 0.1) is 12.0 Å². The second-order valence-electron chi connectivity index (χ2n) is 3.61. The first kappa shape index (κ1) is 14.5. The summed E-state index contributed by atoms with van der Waals surface area (Å²) in [6, 6.07) is 5.72. The van der Waals surface area contributed by atoms with Crippen LogP contribution in [0.25, 0.3) is 0 Å². The van der Waals surface area contributed by atoms with Crippen molar-refractivity contribution >= 4 is 15.8 Å². The summed E-state index contributed by atoms with van der Waals surface area (Å²) in [6.45, 7) is -0.0273. The van der Waals surface area contributed by atoms with Crippen LogP contribution in [-0.4, -0.2) is 40.4 Å². The first-order valence-corrected chi connectivity index (χ1v) is 7.02. The number of benzene rings is 1. The maximum absolute atomic E-state index is 11.3. The summed E-state index contributed by atoms with van der Waals surface area (Å²) in [5.74, 6) is -0.229. The van der Waals surface area contributed by atoms with E-state index >= 15 is 0 Å². The molecule has 18 heavy (non-hydrogen) atoms. The molecule has 1 atom stereocenters. The summed E-state index contributed by atoms with van der Waals surface area (Å²) in [5, 5.41) is 0. The number of sulfone groups is 1. The van der Waals surface area contributed by atoms with Crippen molar-refractivity contribution in [1.29, 1.82) is 0 Å². The number of rotatable bonds is 5. The number of esters is 1. The van der Waals surface area contributed by atoms with Crippen LogP contribution >= 0.6 is 0 Å². The third kappa shape index (κ3) is 3.71. The van der Waals surface area contributed by atoms with Crippen LogP contribution in [0.4, 0.5) is 0 Å². The average Bonchev–Trinajstić information content (AvgIpc) is 2.34. The topological polar surface area (TPSA) is 95.7 Å². The predicted octanol–water partition coefficient (Wildman–Crippen LogP) is -0.0308. The third-order valence-corrected chi connectivity index (χ3v) is 3.34. The molecule has 0 saturated carbocycles. The van der Waals surface area contributed by atoms with Gasteiger partial charge in [-0.1, -0.05) is 0 Å². The van der Waals surface area contributed by atoms with Crippen molar-refractivity contribution in [1.82, 2.24) is 0 Å². The molecule has 2 N–H and O–H groups in total. The number of hydrogen-bond donors (Lipinski definition) is 1. The van der Waals surface area contributed by atoms with Gasteiger partial charge in [0.1, 0.15) is 5.75 Å². The molecule has 0 radical (unpaired) electrons. The van der Waals surface area contributed by atoms with E-state index in [0.717, 1.165) is 6.26 Å². The van der Waals surface area contributed by atoms with Crippen LogP contribution in [0, 0.1) is 0 Å². The maximum Gasteiger partial charge on any atom is 0.348 e. The molecule has 6 nitrogen and oxygen atoms in total. The molecule has 1 unspecified atom stereocenters. The molecule has 0 aliphatic heterocycles. The van der Waals surface area contributed by atoms with Crippen molar-refractivity contribution in [2.45, 2.75) is 11.0 Å². The van der Waals surface area contributed by atoms with Gasteiger partial charge in [-0.05, 0) is 24.3 Å². The zero-order chi connectivity index (χ0) is 13.8. The Labute approximate surface area is 106 Å². The number of nitrogens with two attached hydrogens (primary N) is 1. The largest absolute Gasteiger partial charge is 0.477 e. The van der Waals surface area contributed by atoms with Crippen molar-refractivity contribution in [2.24, 2.45) is 5.73 Å². The van der Waals surface area contributed by atoms with Crippen molar-refractivity contribution in [2.75, 3.05) is 19.9 Å². The van der Waals surface area contributed by atoms with Crippen molar-refractivity contribution in [3.05, 3.63) is 24.3 Å². The summed E-state index contributed by atoms with van der Waals surface area (Å²) < 4.78 is 32.3. The lowest BCUT2D eigenvalue weighted by Crippen LogP contribution is -2.35. The van der Waals surface area contributed by atoms with E-state index < -0.39 is 21.9 Å². The van der Waals surface area contributed by atoms with Crippen LogP contribution < -0.4 is 10.5 Å². The van der Waals surface area contributed by atoms with Gasteiger partial charge in [0.15, 0.2) is 9.84 Å². The first-order valence-electron chi connectivity index (χ1n) is 5.13. The Morgan fingerprint density at radius 2 is 1.89 bits per heavy atom. The number of carbonyl (C=O) groups excluding carboxylic acids is 1. The van der Waals surface area contributed by atoms with Gasteiger partial charge in [-0.2, -0.15) is 0 Å². The van der Waals surface area contributed by atoms with Gasteiger partial charge in [0.2, 0.25) is 6.10 Å². The van der Waals surface area contributed by atoms with Crippen LogP contribution in [0.3, 0.4) is 0 Å². The molecule has 0 fully saturated rings. The van der Waals surface area contributed by atoms with E-state index in [-0.39, 0.29) is 11.4 Å². The van der Waals surface area contributed by atoms with Gasteiger partial charge in [-0.15, -0.1) is 0 Å². The van der Waals surface area contributed by atoms with Gasteiger partial charge >= 0.3 is 5.97 Å². The standard InChI is InChI=1S/C11H15NO5S/c1-16-11(13)10(7-12)17-8-3-5-9(6-4-8)18(2,14)15/h3-6,10H,7,12H2,1-2H3. The number of methoxy groups -OCH3 is 1. The van der Waals surface area contributed by atoms with Gasteiger partial charge < -0.3 is 15.2 Å². The Balaban J connectivity index is 2.83. The smallest absolute Gasteiger partial charge is 0.348 e. The highest BCUT2D eigenvalue weighted by Crippen LogP contribution is 2.17. The van der Waals surface area contributed by atoms with E-state index in [2.05, 4.69) is 4.74 Å². The Morgan fingerprint density at radius 3 is 2.28 bits per heavy atom. The monoisotopic (exact) mass is 273 g/mol. The van der Waals surface area contributed by atoms with E-state index in [1.54, 1.807) is 0 Å². The van der Waals surface area contributed by atoms with E-state index in [4.69, 9.17) is 10.5 Å². The van der Waals surface area contributed by atoms with Gasteiger partial charge in [0.25, 0.3) is 0 Å². The van der Waals surface area contributed by atoms with E-state index in [1.165, 1.54) is 31.4 Å². The van der Waals surface area contributed by atoms with Crippen molar-refractivity contribution < 1.29 is 22.7 Å². The molecular weight excluding hydrogens is 258 g/mol. The zero-order valence-electron chi connectivity index (χ0n) is 10.1. The summed E-state index contributed by atoms with van der Waals surface area (Å²) in [7, 11) is -2.01. The van der Waals surface area contributed by atoms with Crippen LogP contribution in [0.5, 0.6) is 5.75 Å². The molecule has 0 aromatic heterocycles. The van der Waals surface area contributed by atoms with Crippen LogP contribution in [0.2, 0.25) is 0 Å². The SMILES string of the molecule is COC(=O)C(CN)Oc1ccc(S(C)(=O)=O)cc1. The molecule has 0 aliphatic carbocycles. The fourth-order valence-corrected chi connectivity index (χ4v) is 1.88. The van der Waals surface area contributed by atoms with Gasteiger partial charge in [0, 0.05) is 12.8 Å². The molecule has 100 valence electrons. The van der Waals surface area contributed by atoms with Crippen molar-refractivity contribution in [3.63, 3.8) is 0 Å². The zero-order valence-corrected chi connectivity index (χ0v) is 10.9. The fraction of sp³-hybridized carbons (Fsp3) is 0.364. The first-order chi connectivity index (χ1) is 8.38. The lowest BCUT2D eigenvalue weighted by molar-refractivity contribution is -0.148. The quantitative estimate of drug-likeness (QED) is 0.757. The predicted molar refractivity (Wildman–Crippen MR) is 65.0 cm³/mol. The average molecular weight is 273 g/mol. The minimum atomic E-state index is -3.25. The van der Waals surface area contributed by atoms with Crippen LogP contribution in [0.1, 0.15) is 0 Å². The third-order valence-electron chi connectivity index (χ3n) is 2.21. The maximum atomic E-state index is 11.3. The minimum absolute atomic E-state index is 0.0273.